The van der Waals surface area contributed by atoms with Crippen molar-refractivity contribution in [3.8, 4) is 11.5 Å². The van der Waals surface area contributed by atoms with E-state index < -0.39 is 23.5 Å². The van der Waals surface area contributed by atoms with Gasteiger partial charge in [0.2, 0.25) is 11.3 Å². The summed E-state index contributed by atoms with van der Waals surface area (Å²) in [6.07, 6.45) is 1.56. The minimum Gasteiger partial charge on any atom is -0.493 e. The van der Waals surface area contributed by atoms with Crippen LogP contribution in [0.3, 0.4) is 0 Å². The third-order valence-electron chi connectivity index (χ3n) is 4.40. The summed E-state index contributed by atoms with van der Waals surface area (Å²) in [5, 5.41) is 19.1. The highest BCUT2D eigenvalue weighted by molar-refractivity contribution is 6.05. The van der Waals surface area contributed by atoms with Gasteiger partial charge in [-0.2, -0.15) is 0 Å². The molecule has 0 bridgehead atoms. The van der Waals surface area contributed by atoms with Gasteiger partial charge in [0.1, 0.15) is 0 Å². The standard InChI is InChI=1S/C22H29N3O6/c1-6-31-22(28)20(24-23)21(27)25(19(26)9-7-8-15(2)3)13-12-16-10-11-17(29-4)18(14-16)30-5/h10-11,14H,2,6-9,12-13H2,1,3-5H3/p+1. The molecule has 0 aliphatic rings. The van der Waals surface area contributed by atoms with Crippen LogP contribution in [0.25, 0.3) is 4.98 Å². The summed E-state index contributed by atoms with van der Waals surface area (Å²) in [5.74, 6) is -1.18. The molecule has 0 unspecified atom stereocenters. The summed E-state index contributed by atoms with van der Waals surface area (Å²) in [7, 11) is 3.04. The zero-order chi connectivity index (χ0) is 23.4. The first-order valence-corrected chi connectivity index (χ1v) is 9.90. The Hall–Kier alpha value is -3.54. The van der Waals surface area contributed by atoms with Crippen molar-refractivity contribution in [3.63, 3.8) is 0 Å². The van der Waals surface area contributed by atoms with Crippen LogP contribution in [0.5, 0.6) is 11.5 Å². The monoisotopic (exact) mass is 432 g/mol. The van der Waals surface area contributed by atoms with Gasteiger partial charge in [0.25, 0.3) is 0 Å². The number of rotatable bonds is 12. The van der Waals surface area contributed by atoms with Crippen molar-refractivity contribution in [2.45, 2.75) is 39.5 Å². The lowest BCUT2D eigenvalue weighted by molar-refractivity contribution is -0.142. The van der Waals surface area contributed by atoms with Gasteiger partial charge in [-0.05, 0) is 50.8 Å². The van der Waals surface area contributed by atoms with Crippen LogP contribution >= 0.6 is 0 Å². The molecule has 0 atom stereocenters. The van der Waals surface area contributed by atoms with Crippen LogP contribution in [0.15, 0.2) is 42.0 Å². The molecule has 0 saturated heterocycles. The third-order valence-corrected chi connectivity index (χ3v) is 4.40. The first-order valence-electron chi connectivity index (χ1n) is 9.90. The largest absolute Gasteiger partial charge is 0.528 e. The molecule has 2 amide bonds. The van der Waals surface area contributed by atoms with Gasteiger partial charge in [-0.1, -0.05) is 11.6 Å². The van der Waals surface area contributed by atoms with Crippen molar-refractivity contribution in [2.24, 2.45) is 0 Å². The van der Waals surface area contributed by atoms with E-state index in [1.165, 1.54) is 14.2 Å². The third kappa shape index (κ3) is 7.66. The number of benzene rings is 1. The number of hydrogen-bond donors (Lipinski definition) is 1. The summed E-state index contributed by atoms with van der Waals surface area (Å²) in [6, 6.07) is 5.27. The van der Waals surface area contributed by atoms with Crippen molar-refractivity contribution < 1.29 is 28.9 Å². The van der Waals surface area contributed by atoms with Gasteiger partial charge >= 0.3 is 17.5 Å². The summed E-state index contributed by atoms with van der Waals surface area (Å²) < 4.78 is 15.4. The van der Waals surface area contributed by atoms with Crippen molar-refractivity contribution in [2.75, 3.05) is 27.4 Å². The Labute approximate surface area is 182 Å². The molecule has 0 aliphatic heterocycles. The predicted molar refractivity (Wildman–Crippen MR) is 115 cm³/mol. The van der Waals surface area contributed by atoms with E-state index in [-0.39, 0.29) is 19.6 Å². The van der Waals surface area contributed by atoms with Crippen LogP contribution in [0.1, 0.15) is 38.7 Å². The summed E-state index contributed by atoms with van der Waals surface area (Å²) in [4.78, 5) is 29.4. The summed E-state index contributed by atoms with van der Waals surface area (Å²) >= 11 is 0. The van der Waals surface area contributed by atoms with Crippen LogP contribution < -0.4 is 9.47 Å². The summed E-state index contributed by atoms with van der Waals surface area (Å²) in [5.41, 5.74) is 0.990. The Bertz CT molecular complexity index is 872. The fourth-order valence-corrected chi connectivity index (χ4v) is 2.80. The number of carbonyl (C=O) groups is 2. The molecule has 0 saturated carbocycles. The molecular weight excluding hydrogens is 402 g/mol. The van der Waals surface area contributed by atoms with E-state index >= 15 is 0 Å². The number of allylic oxidation sites excluding steroid dienone is 1. The Morgan fingerprint density at radius 2 is 1.87 bits per heavy atom. The Morgan fingerprint density at radius 1 is 1.19 bits per heavy atom. The van der Waals surface area contributed by atoms with Crippen molar-refractivity contribution in [3.05, 3.63) is 52.5 Å². The number of methoxy groups -OCH3 is 2. The van der Waals surface area contributed by atoms with Gasteiger partial charge in [0.05, 0.1) is 20.8 Å². The fourth-order valence-electron chi connectivity index (χ4n) is 2.80. The Kier molecular flexibility index (Phi) is 10.6. The van der Waals surface area contributed by atoms with Crippen molar-refractivity contribution in [1.82, 2.24) is 4.90 Å². The molecule has 0 aromatic heterocycles. The zero-order valence-electron chi connectivity index (χ0n) is 18.5. The van der Waals surface area contributed by atoms with Gasteiger partial charge in [-0.25, -0.2) is 0 Å². The number of diazo groups is 1. The molecule has 0 spiro atoms. The first kappa shape index (κ1) is 25.5. The molecular formula is C22H30N3O6+. The highest BCUT2D eigenvalue weighted by Gasteiger charge is 2.38. The average molecular weight is 432 g/mol. The molecule has 9 nitrogen and oxygen atoms in total. The number of imide groups is 1. The lowest BCUT2D eigenvalue weighted by Crippen LogP contribution is -2.39. The quantitative estimate of drug-likeness (QED) is 0.230. The van der Waals surface area contributed by atoms with Crippen molar-refractivity contribution >= 4 is 11.8 Å². The van der Waals surface area contributed by atoms with E-state index in [1.807, 2.05) is 6.92 Å². The Morgan fingerprint density at radius 3 is 2.42 bits per heavy atom. The smallest absolute Gasteiger partial charge is 0.493 e. The second-order valence-electron chi connectivity index (χ2n) is 6.79. The maximum atomic E-state index is 12.9. The van der Waals surface area contributed by atoms with E-state index in [1.54, 1.807) is 25.1 Å². The molecule has 1 aromatic rings. The Balaban J connectivity index is 3.11. The number of aliphatic hydroxyl groups excluding tert-OH is 1. The number of carbonyl (C=O) groups excluding carboxylic acids is 2. The molecule has 0 radical (unpaired) electrons. The highest BCUT2D eigenvalue weighted by Crippen LogP contribution is 2.28. The topological polar surface area (TPSA) is 113 Å². The number of hydrogen-bond acceptors (Lipinski definition) is 7. The highest BCUT2D eigenvalue weighted by atomic mass is 16.6. The lowest BCUT2D eigenvalue weighted by Gasteiger charge is -2.19. The second kappa shape index (κ2) is 12.9. The summed E-state index contributed by atoms with van der Waals surface area (Å²) in [6.45, 7) is 7.30. The number of ether oxygens (including phenoxy) is 3. The number of amides is 2. The van der Waals surface area contributed by atoms with Crippen LogP contribution in [-0.4, -0.2) is 49.2 Å². The molecule has 1 N–H and O–H groups in total. The minimum absolute atomic E-state index is 0.00134. The zero-order valence-corrected chi connectivity index (χ0v) is 18.5. The van der Waals surface area contributed by atoms with Gasteiger partial charge < -0.3 is 19.3 Å². The molecule has 168 valence electrons. The minimum atomic E-state index is -0.950. The SMILES string of the molecule is C=C(C)CCCC(=O)N(CCc1ccc(OC)c(OC)c1)C(=O)/C([N+]#N)=C(\O)OCC. The van der Waals surface area contributed by atoms with E-state index in [0.717, 1.165) is 16.0 Å². The van der Waals surface area contributed by atoms with E-state index in [0.29, 0.717) is 30.8 Å². The number of aliphatic hydroxyl groups is 1. The van der Waals surface area contributed by atoms with Crippen LogP contribution in [0.2, 0.25) is 0 Å². The van der Waals surface area contributed by atoms with Crippen molar-refractivity contribution in [1.29, 1.82) is 5.39 Å². The first-order chi connectivity index (χ1) is 14.8. The van der Waals surface area contributed by atoms with E-state index in [4.69, 9.17) is 14.2 Å². The fraction of sp³-hybridized carbons (Fsp3) is 0.455. The molecule has 31 heavy (non-hydrogen) atoms. The molecule has 0 heterocycles. The maximum absolute atomic E-state index is 12.9. The van der Waals surface area contributed by atoms with Gasteiger partial charge in [0, 0.05) is 13.0 Å². The van der Waals surface area contributed by atoms with Crippen LogP contribution in [-0.2, 0) is 20.7 Å². The molecule has 0 aliphatic carbocycles. The maximum Gasteiger partial charge on any atom is 0.528 e. The van der Waals surface area contributed by atoms with Gasteiger partial charge in [-0.3, -0.25) is 14.5 Å². The van der Waals surface area contributed by atoms with Crippen LogP contribution in [0.4, 0.5) is 0 Å². The molecule has 1 rings (SSSR count). The van der Waals surface area contributed by atoms with E-state index in [2.05, 4.69) is 11.6 Å². The predicted octanol–water partition coefficient (Wildman–Crippen LogP) is 3.96. The molecule has 9 heteroatoms. The normalized spacial score (nSPS) is 11.1. The molecule has 1 aromatic carbocycles. The van der Waals surface area contributed by atoms with Gasteiger partial charge in [0.15, 0.2) is 16.5 Å². The second-order valence-corrected chi connectivity index (χ2v) is 6.79. The molecule has 0 fully saturated rings. The van der Waals surface area contributed by atoms with Gasteiger partial charge in [-0.15, -0.1) is 6.58 Å². The van der Waals surface area contributed by atoms with Crippen LogP contribution in [0, 0.1) is 5.39 Å². The average Bonchev–Trinajstić information content (AvgIpc) is 2.74. The number of nitrogens with zero attached hydrogens (tertiary/aromatic N) is 3. The lowest BCUT2D eigenvalue weighted by atomic mass is 10.1. The van der Waals surface area contributed by atoms with E-state index in [9.17, 15) is 20.1 Å².